The predicted octanol–water partition coefficient (Wildman–Crippen LogP) is 2.37. The Morgan fingerprint density at radius 1 is 1.44 bits per heavy atom. The summed E-state index contributed by atoms with van der Waals surface area (Å²) < 4.78 is 0.779. The zero-order valence-corrected chi connectivity index (χ0v) is 11.5. The first-order chi connectivity index (χ1) is 7.46. The molecule has 0 spiro atoms. The molecule has 0 atom stereocenters. The summed E-state index contributed by atoms with van der Waals surface area (Å²) in [6, 6.07) is 1.85. The monoisotopic (exact) mass is 287 g/mol. The number of anilines is 1. The standard InChI is InChI=1S/C11H18BrN3O/c1-4-9-13-8(12)7-10(14-9)15-11(2,3)5-6-16/h7,16H,4-6H2,1-3H3,(H,13,14,15). The Hall–Kier alpha value is -0.680. The van der Waals surface area contributed by atoms with E-state index in [2.05, 4.69) is 31.2 Å². The Bertz CT molecular complexity index is 355. The van der Waals surface area contributed by atoms with Crippen LogP contribution >= 0.6 is 15.9 Å². The van der Waals surface area contributed by atoms with Crippen LogP contribution in [-0.4, -0.2) is 27.2 Å². The Labute approximate surface area is 105 Å². The lowest BCUT2D eigenvalue weighted by Gasteiger charge is -2.26. The van der Waals surface area contributed by atoms with E-state index in [-0.39, 0.29) is 12.1 Å². The molecule has 0 radical (unpaired) electrons. The number of aromatic nitrogens is 2. The van der Waals surface area contributed by atoms with Gasteiger partial charge in [-0.1, -0.05) is 6.92 Å². The summed E-state index contributed by atoms with van der Waals surface area (Å²) in [5.74, 6) is 1.59. The average molecular weight is 288 g/mol. The van der Waals surface area contributed by atoms with E-state index in [9.17, 15) is 0 Å². The minimum Gasteiger partial charge on any atom is -0.396 e. The molecular formula is C11H18BrN3O. The van der Waals surface area contributed by atoms with Gasteiger partial charge in [0, 0.05) is 24.6 Å². The Kier molecular flexibility index (Phi) is 4.68. The number of halogens is 1. The van der Waals surface area contributed by atoms with Gasteiger partial charge in [0.15, 0.2) is 0 Å². The summed E-state index contributed by atoms with van der Waals surface area (Å²) in [7, 11) is 0. The lowest BCUT2D eigenvalue weighted by molar-refractivity contribution is 0.260. The molecule has 0 aliphatic carbocycles. The summed E-state index contributed by atoms with van der Waals surface area (Å²) in [6.07, 6.45) is 1.48. The Balaban J connectivity index is 2.84. The molecule has 5 heteroatoms. The molecule has 0 saturated carbocycles. The number of aliphatic hydroxyl groups is 1. The fourth-order valence-corrected chi connectivity index (χ4v) is 1.80. The van der Waals surface area contributed by atoms with Gasteiger partial charge in [0.1, 0.15) is 16.2 Å². The molecule has 1 aromatic rings. The fraction of sp³-hybridized carbons (Fsp3) is 0.636. The Morgan fingerprint density at radius 3 is 2.69 bits per heavy atom. The first-order valence-corrected chi connectivity index (χ1v) is 6.18. The van der Waals surface area contributed by atoms with Gasteiger partial charge in [-0.25, -0.2) is 9.97 Å². The van der Waals surface area contributed by atoms with Crippen LogP contribution in [-0.2, 0) is 6.42 Å². The molecule has 2 N–H and O–H groups in total. The van der Waals surface area contributed by atoms with Crippen LogP contribution < -0.4 is 5.32 Å². The van der Waals surface area contributed by atoms with E-state index in [1.807, 2.05) is 26.8 Å². The van der Waals surface area contributed by atoms with Crippen LogP contribution in [0.5, 0.6) is 0 Å². The highest BCUT2D eigenvalue weighted by Gasteiger charge is 2.17. The quantitative estimate of drug-likeness (QED) is 0.817. The lowest BCUT2D eigenvalue weighted by Crippen LogP contribution is -2.32. The molecule has 1 heterocycles. The average Bonchev–Trinajstić information content (AvgIpc) is 2.15. The van der Waals surface area contributed by atoms with Gasteiger partial charge in [0.2, 0.25) is 0 Å². The molecule has 0 saturated heterocycles. The summed E-state index contributed by atoms with van der Waals surface area (Å²) in [5.41, 5.74) is -0.173. The molecule has 0 aromatic carbocycles. The van der Waals surface area contributed by atoms with Crippen molar-refractivity contribution in [2.45, 2.75) is 39.2 Å². The van der Waals surface area contributed by atoms with E-state index in [0.29, 0.717) is 6.42 Å². The molecule has 0 amide bonds. The maximum Gasteiger partial charge on any atom is 0.131 e. The third-order valence-electron chi connectivity index (χ3n) is 2.26. The highest BCUT2D eigenvalue weighted by molar-refractivity contribution is 9.10. The number of hydrogen-bond acceptors (Lipinski definition) is 4. The fourth-order valence-electron chi connectivity index (χ4n) is 1.38. The predicted molar refractivity (Wildman–Crippen MR) is 68.5 cm³/mol. The van der Waals surface area contributed by atoms with Crippen molar-refractivity contribution in [3.63, 3.8) is 0 Å². The number of rotatable bonds is 5. The second-order valence-corrected chi connectivity index (χ2v) is 5.14. The molecule has 0 aliphatic rings. The number of aryl methyl sites for hydroxylation is 1. The highest BCUT2D eigenvalue weighted by atomic mass is 79.9. The second kappa shape index (κ2) is 5.59. The molecule has 0 bridgehead atoms. The largest absolute Gasteiger partial charge is 0.396 e. The van der Waals surface area contributed by atoms with Crippen LogP contribution in [0.3, 0.4) is 0 Å². The Morgan fingerprint density at radius 2 is 2.12 bits per heavy atom. The number of nitrogens with zero attached hydrogens (tertiary/aromatic N) is 2. The van der Waals surface area contributed by atoms with Crippen molar-refractivity contribution >= 4 is 21.7 Å². The zero-order chi connectivity index (χ0) is 12.2. The summed E-state index contributed by atoms with van der Waals surface area (Å²) in [6.45, 7) is 6.24. The number of aliphatic hydroxyl groups excluding tert-OH is 1. The highest BCUT2D eigenvalue weighted by Crippen LogP contribution is 2.19. The van der Waals surface area contributed by atoms with Crippen molar-refractivity contribution in [2.75, 3.05) is 11.9 Å². The topological polar surface area (TPSA) is 58.0 Å². The van der Waals surface area contributed by atoms with Crippen LogP contribution in [0, 0.1) is 0 Å². The van der Waals surface area contributed by atoms with Crippen molar-refractivity contribution in [3.8, 4) is 0 Å². The van der Waals surface area contributed by atoms with Crippen LogP contribution in [0.25, 0.3) is 0 Å². The summed E-state index contributed by atoms with van der Waals surface area (Å²) in [4.78, 5) is 8.63. The first kappa shape index (κ1) is 13.4. The van der Waals surface area contributed by atoms with Crippen molar-refractivity contribution in [3.05, 3.63) is 16.5 Å². The molecule has 0 unspecified atom stereocenters. The molecular weight excluding hydrogens is 270 g/mol. The van der Waals surface area contributed by atoms with Crippen molar-refractivity contribution in [2.24, 2.45) is 0 Å². The third-order valence-corrected chi connectivity index (χ3v) is 2.67. The SMILES string of the molecule is CCc1nc(Br)cc(NC(C)(C)CCO)n1. The second-order valence-electron chi connectivity index (χ2n) is 4.33. The third kappa shape index (κ3) is 4.06. The van der Waals surface area contributed by atoms with Crippen LogP contribution in [0.4, 0.5) is 5.82 Å². The van der Waals surface area contributed by atoms with Gasteiger partial charge in [-0.2, -0.15) is 0 Å². The molecule has 16 heavy (non-hydrogen) atoms. The van der Waals surface area contributed by atoms with E-state index in [1.54, 1.807) is 0 Å². The normalized spacial score (nSPS) is 11.6. The number of hydrogen-bond donors (Lipinski definition) is 2. The van der Waals surface area contributed by atoms with Gasteiger partial charge in [0.05, 0.1) is 0 Å². The van der Waals surface area contributed by atoms with E-state index in [0.717, 1.165) is 22.7 Å². The van der Waals surface area contributed by atoms with Crippen LogP contribution in [0.2, 0.25) is 0 Å². The van der Waals surface area contributed by atoms with Crippen molar-refractivity contribution in [1.29, 1.82) is 0 Å². The van der Waals surface area contributed by atoms with E-state index >= 15 is 0 Å². The van der Waals surface area contributed by atoms with Gasteiger partial charge >= 0.3 is 0 Å². The smallest absolute Gasteiger partial charge is 0.131 e. The molecule has 1 rings (SSSR count). The summed E-state index contributed by atoms with van der Waals surface area (Å²) >= 11 is 3.36. The lowest BCUT2D eigenvalue weighted by atomic mass is 10.0. The number of nitrogens with one attached hydrogen (secondary N) is 1. The van der Waals surface area contributed by atoms with Gasteiger partial charge < -0.3 is 10.4 Å². The minimum atomic E-state index is -0.173. The van der Waals surface area contributed by atoms with Crippen LogP contribution in [0.15, 0.2) is 10.7 Å². The van der Waals surface area contributed by atoms with E-state index in [1.165, 1.54) is 0 Å². The minimum absolute atomic E-state index is 0.160. The van der Waals surface area contributed by atoms with Crippen molar-refractivity contribution < 1.29 is 5.11 Å². The molecule has 90 valence electrons. The zero-order valence-electron chi connectivity index (χ0n) is 9.92. The molecule has 0 fully saturated rings. The van der Waals surface area contributed by atoms with Gasteiger partial charge in [-0.3, -0.25) is 0 Å². The summed E-state index contributed by atoms with van der Waals surface area (Å²) in [5, 5.41) is 12.2. The maximum absolute atomic E-state index is 8.95. The molecule has 4 nitrogen and oxygen atoms in total. The molecule has 0 aliphatic heterocycles. The maximum atomic E-state index is 8.95. The van der Waals surface area contributed by atoms with Crippen molar-refractivity contribution in [1.82, 2.24) is 9.97 Å². The van der Waals surface area contributed by atoms with Crippen LogP contribution in [0.1, 0.15) is 33.0 Å². The van der Waals surface area contributed by atoms with Gasteiger partial charge in [-0.05, 0) is 36.2 Å². The van der Waals surface area contributed by atoms with E-state index in [4.69, 9.17) is 5.11 Å². The molecule has 1 aromatic heterocycles. The van der Waals surface area contributed by atoms with Gasteiger partial charge in [-0.15, -0.1) is 0 Å². The van der Waals surface area contributed by atoms with E-state index < -0.39 is 0 Å². The van der Waals surface area contributed by atoms with Gasteiger partial charge in [0.25, 0.3) is 0 Å². The first-order valence-electron chi connectivity index (χ1n) is 5.39.